The van der Waals surface area contributed by atoms with E-state index in [1.54, 1.807) is 0 Å². The average molecular weight is 237 g/mol. The van der Waals surface area contributed by atoms with E-state index in [4.69, 9.17) is 9.47 Å². The lowest BCUT2D eigenvalue weighted by Crippen LogP contribution is -2.22. The van der Waals surface area contributed by atoms with Gasteiger partial charge in [-0.25, -0.2) is 0 Å². The summed E-state index contributed by atoms with van der Waals surface area (Å²) in [7, 11) is 0. The van der Waals surface area contributed by atoms with Gasteiger partial charge in [-0.05, 0) is 32.1 Å². The Morgan fingerprint density at radius 1 is 1.33 bits per heavy atom. The van der Waals surface area contributed by atoms with Crippen molar-refractivity contribution in [2.24, 2.45) is 0 Å². The Kier molecular flexibility index (Phi) is 6.00. The summed E-state index contributed by atoms with van der Waals surface area (Å²) in [4.78, 5) is 0. The summed E-state index contributed by atoms with van der Waals surface area (Å²) in [5.41, 5.74) is 0. The predicted molar refractivity (Wildman–Crippen MR) is 52.6 cm³/mol. The maximum absolute atomic E-state index is 5.54. The van der Waals surface area contributed by atoms with Crippen molar-refractivity contribution >= 4 is 15.9 Å². The molecule has 2 nitrogen and oxygen atoms in total. The molecular weight excluding hydrogens is 220 g/mol. The Labute approximate surface area is 82.7 Å². The van der Waals surface area contributed by atoms with Gasteiger partial charge in [-0.15, -0.1) is 0 Å². The first-order valence-corrected chi connectivity index (χ1v) is 5.85. The quantitative estimate of drug-likeness (QED) is 0.540. The van der Waals surface area contributed by atoms with Gasteiger partial charge >= 0.3 is 0 Å². The fourth-order valence-electron chi connectivity index (χ4n) is 1.25. The highest BCUT2D eigenvalue weighted by atomic mass is 79.9. The zero-order valence-electron chi connectivity index (χ0n) is 7.43. The minimum absolute atomic E-state index is 0.0917. The fraction of sp³-hybridized carbons (Fsp3) is 1.00. The maximum atomic E-state index is 5.54. The van der Waals surface area contributed by atoms with Crippen LogP contribution in [0.1, 0.15) is 32.1 Å². The molecule has 0 N–H and O–H groups in total. The van der Waals surface area contributed by atoms with Crippen LogP contribution in [0.2, 0.25) is 0 Å². The zero-order valence-corrected chi connectivity index (χ0v) is 9.01. The molecule has 0 radical (unpaired) electrons. The van der Waals surface area contributed by atoms with Crippen LogP contribution in [-0.2, 0) is 9.47 Å². The van der Waals surface area contributed by atoms with Crippen molar-refractivity contribution in [2.75, 3.05) is 18.5 Å². The van der Waals surface area contributed by atoms with Gasteiger partial charge in [0.25, 0.3) is 0 Å². The standard InChI is InChI=1S/C9H17BrO2/c10-6-2-4-8-12-9-5-1-3-7-11-9/h9H,1-8H2/t9-/m1/s1. The van der Waals surface area contributed by atoms with Crippen LogP contribution in [0.25, 0.3) is 0 Å². The van der Waals surface area contributed by atoms with E-state index in [0.717, 1.165) is 31.4 Å². The molecule has 1 rings (SSSR count). The van der Waals surface area contributed by atoms with Crippen molar-refractivity contribution in [3.8, 4) is 0 Å². The smallest absolute Gasteiger partial charge is 0.157 e. The highest BCUT2D eigenvalue weighted by molar-refractivity contribution is 9.09. The Balaban J connectivity index is 1.91. The number of alkyl halides is 1. The lowest BCUT2D eigenvalue weighted by atomic mass is 10.2. The molecule has 1 fully saturated rings. The summed E-state index contributed by atoms with van der Waals surface area (Å²) >= 11 is 3.39. The average Bonchev–Trinajstić information content (AvgIpc) is 2.14. The molecule has 1 aliphatic rings. The van der Waals surface area contributed by atoms with Crippen molar-refractivity contribution in [1.29, 1.82) is 0 Å². The lowest BCUT2D eigenvalue weighted by Gasteiger charge is -2.22. The van der Waals surface area contributed by atoms with Crippen LogP contribution in [0.3, 0.4) is 0 Å². The minimum atomic E-state index is 0.0917. The molecule has 0 bridgehead atoms. The largest absolute Gasteiger partial charge is 0.353 e. The summed E-state index contributed by atoms with van der Waals surface area (Å²) in [6.07, 6.45) is 5.94. The van der Waals surface area contributed by atoms with Crippen LogP contribution in [0, 0.1) is 0 Å². The Morgan fingerprint density at radius 3 is 2.92 bits per heavy atom. The molecule has 1 atom stereocenters. The number of unbranched alkanes of at least 4 members (excludes halogenated alkanes) is 1. The van der Waals surface area contributed by atoms with Crippen LogP contribution in [0.4, 0.5) is 0 Å². The number of halogens is 1. The van der Waals surface area contributed by atoms with Gasteiger partial charge in [-0.2, -0.15) is 0 Å². The summed E-state index contributed by atoms with van der Waals surface area (Å²) in [6.45, 7) is 1.72. The third-order valence-electron chi connectivity index (χ3n) is 1.97. The summed E-state index contributed by atoms with van der Waals surface area (Å²) in [5, 5.41) is 1.07. The van der Waals surface area contributed by atoms with Gasteiger partial charge in [0, 0.05) is 18.5 Å². The molecule has 0 aromatic carbocycles. The first-order chi connectivity index (χ1) is 5.93. The first kappa shape index (κ1) is 10.5. The van der Waals surface area contributed by atoms with E-state index in [2.05, 4.69) is 15.9 Å². The number of rotatable bonds is 5. The molecule has 0 aromatic heterocycles. The predicted octanol–water partition coefficient (Wildman–Crippen LogP) is 2.70. The van der Waals surface area contributed by atoms with E-state index in [0.29, 0.717) is 0 Å². The second kappa shape index (κ2) is 6.87. The molecule has 0 aliphatic carbocycles. The van der Waals surface area contributed by atoms with Crippen molar-refractivity contribution in [3.05, 3.63) is 0 Å². The van der Waals surface area contributed by atoms with Gasteiger partial charge in [0.2, 0.25) is 0 Å². The van der Waals surface area contributed by atoms with Crippen molar-refractivity contribution in [1.82, 2.24) is 0 Å². The topological polar surface area (TPSA) is 18.5 Å². The summed E-state index contributed by atoms with van der Waals surface area (Å²) in [6, 6.07) is 0. The van der Waals surface area contributed by atoms with E-state index in [1.807, 2.05) is 0 Å². The molecule has 1 saturated heterocycles. The van der Waals surface area contributed by atoms with Crippen LogP contribution < -0.4 is 0 Å². The minimum Gasteiger partial charge on any atom is -0.353 e. The van der Waals surface area contributed by atoms with Crippen LogP contribution in [0.5, 0.6) is 0 Å². The highest BCUT2D eigenvalue weighted by Crippen LogP contribution is 2.13. The molecule has 72 valence electrons. The normalized spacial score (nSPS) is 24.2. The van der Waals surface area contributed by atoms with E-state index in [1.165, 1.54) is 19.3 Å². The number of hydrogen-bond acceptors (Lipinski definition) is 2. The van der Waals surface area contributed by atoms with Gasteiger partial charge in [0.1, 0.15) is 0 Å². The second-order valence-electron chi connectivity index (χ2n) is 3.06. The van der Waals surface area contributed by atoms with Gasteiger partial charge in [0.15, 0.2) is 6.29 Å². The molecule has 0 amide bonds. The third kappa shape index (κ3) is 4.43. The summed E-state index contributed by atoms with van der Waals surface area (Å²) < 4.78 is 11.0. The summed E-state index contributed by atoms with van der Waals surface area (Å²) in [5.74, 6) is 0. The van der Waals surface area contributed by atoms with Crippen molar-refractivity contribution < 1.29 is 9.47 Å². The van der Waals surface area contributed by atoms with Gasteiger partial charge in [-0.1, -0.05) is 15.9 Å². The van der Waals surface area contributed by atoms with E-state index in [-0.39, 0.29) is 6.29 Å². The number of ether oxygens (including phenoxy) is 2. The van der Waals surface area contributed by atoms with Gasteiger partial charge in [0.05, 0.1) is 0 Å². The van der Waals surface area contributed by atoms with E-state index in [9.17, 15) is 0 Å². The maximum Gasteiger partial charge on any atom is 0.157 e. The second-order valence-corrected chi connectivity index (χ2v) is 3.86. The molecule has 0 spiro atoms. The molecule has 1 heterocycles. The molecule has 0 saturated carbocycles. The number of hydrogen-bond donors (Lipinski definition) is 0. The Bertz CT molecular complexity index is 103. The van der Waals surface area contributed by atoms with Crippen LogP contribution >= 0.6 is 15.9 Å². The lowest BCUT2D eigenvalue weighted by molar-refractivity contribution is -0.162. The van der Waals surface area contributed by atoms with Crippen molar-refractivity contribution in [2.45, 2.75) is 38.4 Å². The fourth-order valence-corrected chi connectivity index (χ4v) is 1.65. The SMILES string of the molecule is BrCCCCO[C@@H]1CCCCO1. The van der Waals surface area contributed by atoms with E-state index < -0.39 is 0 Å². The zero-order chi connectivity index (χ0) is 8.65. The highest BCUT2D eigenvalue weighted by Gasteiger charge is 2.12. The molecule has 12 heavy (non-hydrogen) atoms. The molecule has 3 heteroatoms. The van der Waals surface area contributed by atoms with Gasteiger partial charge < -0.3 is 9.47 Å². The first-order valence-electron chi connectivity index (χ1n) is 4.72. The Hall–Kier alpha value is 0.400. The van der Waals surface area contributed by atoms with Gasteiger partial charge in [-0.3, -0.25) is 0 Å². The van der Waals surface area contributed by atoms with Crippen LogP contribution in [-0.4, -0.2) is 24.8 Å². The van der Waals surface area contributed by atoms with Crippen LogP contribution in [0.15, 0.2) is 0 Å². The Morgan fingerprint density at radius 2 is 2.25 bits per heavy atom. The van der Waals surface area contributed by atoms with Crippen molar-refractivity contribution in [3.63, 3.8) is 0 Å². The molecule has 0 aromatic rings. The molecule has 0 unspecified atom stereocenters. The monoisotopic (exact) mass is 236 g/mol. The van der Waals surface area contributed by atoms with E-state index >= 15 is 0 Å². The molecule has 1 aliphatic heterocycles. The third-order valence-corrected chi connectivity index (χ3v) is 2.53. The molecular formula is C9H17BrO2.